The molecule has 0 heterocycles. The molecule has 2 saturated carbocycles. The number of ether oxygens (including phenoxy) is 1. The number of benzene rings is 1. The average molecular weight is 314 g/mol. The van der Waals surface area contributed by atoms with Crippen molar-refractivity contribution in [1.82, 2.24) is 5.43 Å². The van der Waals surface area contributed by atoms with Crippen molar-refractivity contribution in [2.24, 2.45) is 21.8 Å². The molecule has 23 heavy (non-hydrogen) atoms. The van der Waals surface area contributed by atoms with Crippen molar-refractivity contribution in [1.29, 1.82) is 0 Å². The van der Waals surface area contributed by atoms with Gasteiger partial charge < -0.3 is 4.74 Å². The van der Waals surface area contributed by atoms with E-state index in [1.165, 1.54) is 18.6 Å². The van der Waals surface area contributed by atoms with Crippen LogP contribution in [0.1, 0.15) is 45.6 Å². The molecule has 1 N–H and O–H groups in total. The fourth-order valence-corrected chi connectivity index (χ4v) is 4.20. The number of hydrogen-bond acceptors (Lipinski definition) is 3. The van der Waals surface area contributed by atoms with E-state index in [0.717, 1.165) is 17.7 Å². The number of methoxy groups -OCH3 is 1. The minimum Gasteiger partial charge on any atom is -0.497 e. The third-order valence-corrected chi connectivity index (χ3v) is 6.35. The summed E-state index contributed by atoms with van der Waals surface area (Å²) in [5.41, 5.74) is 5.31. The zero-order valence-electron chi connectivity index (χ0n) is 14.5. The van der Waals surface area contributed by atoms with E-state index in [4.69, 9.17) is 4.74 Å². The lowest BCUT2D eigenvalue weighted by Crippen LogP contribution is -2.34. The van der Waals surface area contributed by atoms with E-state index in [2.05, 4.69) is 31.3 Å². The Morgan fingerprint density at radius 2 is 2.00 bits per heavy atom. The molecule has 2 fully saturated rings. The van der Waals surface area contributed by atoms with Crippen LogP contribution in [-0.4, -0.2) is 18.7 Å². The lowest BCUT2D eigenvalue weighted by Gasteiger charge is -2.34. The topological polar surface area (TPSA) is 50.7 Å². The fourth-order valence-electron chi connectivity index (χ4n) is 4.20. The van der Waals surface area contributed by atoms with Gasteiger partial charge in [0.05, 0.1) is 13.5 Å². The van der Waals surface area contributed by atoms with Gasteiger partial charge in [-0.3, -0.25) is 4.79 Å². The first-order valence-corrected chi connectivity index (χ1v) is 8.35. The Morgan fingerprint density at radius 1 is 1.30 bits per heavy atom. The molecule has 1 aromatic carbocycles. The number of nitrogens with zero attached hydrogens (tertiary/aromatic N) is 1. The molecule has 2 aliphatic rings. The monoisotopic (exact) mass is 314 g/mol. The second-order valence-corrected chi connectivity index (χ2v) is 7.61. The number of fused-ring (bicyclic) bond motifs is 2. The van der Waals surface area contributed by atoms with Gasteiger partial charge in [0, 0.05) is 11.1 Å². The number of nitrogens with one attached hydrogen (secondary N) is 1. The molecule has 2 atom stereocenters. The van der Waals surface area contributed by atoms with Crippen molar-refractivity contribution in [2.45, 2.75) is 46.5 Å². The van der Waals surface area contributed by atoms with Gasteiger partial charge in [0.1, 0.15) is 5.75 Å². The highest BCUT2D eigenvalue weighted by molar-refractivity contribution is 5.95. The van der Waals surface area contributed by atoms with Crippen LogP contribution in [0.15, 0.2) is 29.4 Å². The molecule has 2 bridgehead atoms. The van der Waals surface area contributed by atoms with E-state index in [0.29, 0.717) is 12.3 Å². The lowest BCUT2D eigenvalue weighted by molar-refractivity contribution is -0.120. The predicted octanol–water partition coefficient (Wildman–Crippen LogP) is 3.56. The molecule has 3 rings (SSSR count). The van der Waals surface area contributed by atoms with Crippen molar-refractivity contribution < 1.29 is 9.53 Å². The molecule has 0 radical (unpaired) electrons. The molecule has 4 nitrogen and oxygen atoms in total. The highest BCUT2D eigenvalue weighted by Gasteiger charge is 2.59. The van der Waals surface area contributed by atoms with E-state index in [9.17, 15) is 4.79 Å². The molecule has 0 spiro atoms. The Morgan fingerprint density at radius 3 is 2.52 bits per heavy atom. The largest absolute Gasteiger partial charge is 0.497 e. The SMILES string of the molecule is COc1ccc(CC(=O)N/N=C2/C[C@H]3CC[C@@]2(C)C3(C)C)cc1. The third kappa shape index (κ3) is 2.64. The smallest absolute Gasteiger partial charge is 0.244 e. The summed E-state index contributed by atoms with van der Waals surface area (Å²) in [5.74, 6) is 1.43. The molecule has 4 heteroatoms. The second-order valence-electron chi connectivity index (χ2n) is 7.61. The first-order valence-electron chi connectivity index (χ1n) is 8.35. The Kier molecular flexibility index (Phi) is 3.95. The highest BCUT2D eigenvalue weighted by atomic mass is 16.5. The number of carbonyl (C=O) groups excluding carboxylic acids is 1. The van der Waals surface area contributed by atoms with E-state index in [1.54, 1.807) is 7.11 Å². The van der Waals surface area contributed by atoms with Crippen LogP contribution in [0.3, 0.4) is 0 Å². The molecule has 124 valence electrons. The number of hydrogen-bond donors (Lipinski definition) is 1. The lowest BCUT2D eigenvalue weighted by atomic mass is 9.70. The van der Waals surface area contributed by atoms with Gasteiger partial charge in [-0.25, -0.2) is 5.43 Å². The van der Waals surface area contributed by atoms with Crippen molar-refractivity contribution in [2.75, 3.05) is 7.11 Å². The summed E-state index contributed by atoms with van der Waals surface area (Å²) >= 11 is 0. The zero-order valence-corrected chi connectivity index (χ0v) is 14.5. The van der Waals surface area contributed by atoms with Crippen molar-refractivity contribution in [3.63, 3.8) is 0 Å². The summed E-state index contributed by atoms with van der Waals surface area (Å²) < 4.78 is 5.13. The van der Waals surface area contributed by atoms with Gasteiger partial charge >= 0.3 is 0 Å². The molecular weight excluding hydrogens is 288 g/mol. The molecule has 1 amide bonds. The highest BCUT2D eigenvalue weighted by Crippen LogP contribution is 2.63. The maximum absolute atomic E-state index is 12.1. The van der Waals surface area contributed by atoms with Gasteiger partial charge in [-0.05, 0) is 48.3 Å². The van der Waals surface area contributed by atoms with Crippen LogP contribution in [0, 0.1) is 16.7 Å². The van der Waals surface area contributed by atoms with Crippen LogP contribution < -0.4 is 10.2 Å². The Hall–Kier alpha value is -1.84. The second kappa shape index (κ2) is 5.66. The molecule has 1 aromatic rings. The summed E-state index contributed by atoms with van der Waals surface area (Å²) in [4.78, 5) is 12.1. The van der Waals surface area contributed by atoms with Crippen LogP contribution in [0.2, 0.25) is 0 Å². The van der Waals surface area contributed by atoms with Gasteiger partial charge in [0.2, 0.25) is 5.91 Å². The van der Waals surface area contributed by atoms with Crippen molar-refractivity contribution in [3.05, 3.63) is 29.8 Å². The van der Waals surface area contributed by atoms with Crippen molar-refractivity contribution >= 4 is 11.6 Å². The van der Waals surface area contributed by atoms with Crippen LogP contribution >= 0.6 is 0 Å². The van der Waals surface area contributed by atoms with E-state index >= 15 is 0 Å². The normalized spacial score (nSPS) is 29.7. The van der Waals surface area contributed by atoms with Gasteiger partial charge in [0.25, 0.3) is 0 Å². The summed E-state index contributed by atoms with van der Waals surface area (Å²) in [7, 11) is 1.63. The summed E-state index contributed by atoms with van der Waals surface area (Å²) in [5, 5.41) is 4.50. The first kappa shape index (κ1) is 16.0. The zero-order chi connectivity index (χ0) is 16.7. The molecule has 2 aliphatic carbocycles. The predicted molar refractivity (Wildman–Crippen MR) is 91.5 cm³/mol. The Labute approximate surface area is 138 Å². The van der Waals surface area contributed by atoms with Gasteiger partial charge in [-0.2, -0.15) is 5.10 Å². The molecule has 0 aromatic heterocycles. The van der Waals surface area contributed by atoms with Crippen molar-refractivity contribution in [3.8, 4) is 5.75 Å². The summed E-state index contributed by atoms with van der Waals surface area (Å²) in [6.07, 6.45) is 3.82. The summed E-state index contributed by atoms with van der Waals surface area (Å²) in [6.45, 7) is 6.98. The quantitative estimate of drug-likeness (QED) is 0.864. The maximum Gasteiger partial charge on any atom is 0.244 e. The molecular formula is C19H26N2O2. The minimum atomic E-state index is -0.0631. The molecule has 0 unspecified atom stereocenters. The average Bonchev–Trinajstić information content (AvgIpc) is 2.86. The Bertz CT molecular complexity index is 633. The van der Waals surface area contributed by atoms with E-state index in [1.807, 2.05) is 24.3 Å². The van der Waals surface area contributed by atoms with Crippen LogP contribution in [-0.2, 0) is 11.2 Å². The number of hydrazone groups is 1. The van der Waals surface area contributed by atoms with E-state index in [-0.39, 0.29) is 16.7 Å². The molecule has 0 aliphatic heterocycles. The van der Waals surface area contributed by atoms with Gasteiger partial charge in [-0.1, -0.05) is 32.9 Å². The van der Waals surface area contributed by atoms with Crippen LogP contribution in [0.25, 0.3) is 0 Å². The van der Waals surface area contributed by atoms with Gasteiger partial charge in [0.15, 0.2) is 0 Å². The first-order chi connectivity index (χ1) is 10.9. The maximum atomic E-state index is 12.1. The minimum absolute atomic E-state index is 0.0631. The van der Waals surface area contributed by atoms with Crippen LogP contribution in [0.5, 0.6) is 5.75 Å². The van der Waals surface area contributed by atoms with E-state index < -0.39 is 0 Å². The van der Waals surface area contributed by atoms with Gasteiger partial charge in [-0.15, -0.1) is 0 Å². The number of amides is 1. The standard InChI is InChI=1S/C19H26N2O2/c1-18(2)14-9-10-19(18,3)16(12-14)20-21-17(22)11-13-5-7-15(23-4)8-6-13/h5-8,14H,9-12H2,1-4H3,(H,21,22)/b20-16-/t14-,19-/m1/s1. The number of rotatable bonds is 4. The third-order valence-electron chi connectivity index (χ3n) is 6.35. The Balaban J connectivity index is 1.63. The molecule has 0 saturated heterocycles. The summed E-state index contributed by atoms with van der Waals surface area (Å²) in [6, 6.07) is 7.56. The number of carbonyl (C=O) groups is 1. The van der Waals surface area contributed by atoms with Crippen LogP contribution in [0.4, 0.5) is 0 Å². The fraction of sp³-hybridized carbons (Fsp3) is 0.579.